The molecule has 5 nitrogen and oxygen atoms in total. The van der Waals surface area contributed by atoms with Crippen LogP contribution in [0.2, 0.25) is 0 Å². The molecule has 0 bridgehead atoms. The molecule has 1 atom stereocenters. The van der Waals surface area contributed by atoms with Gasteiger partial charge < -0.3 is 10.8 Å². The molecule has 0 aliphatic carbocycles. The average molecular weight is 402 g/mol. The summed E-state index contributed by atoms with van der Waals surface area (Å²) in [6.07, 6.45) is 0.500. The van der Waals surface area contributed by atoms with E-state index in [0.29, 0.717) is 21.1 Å². The fraction of sp³-hybridized carbons (Fsp3) is 0.400. The van der Waals surface area contributed by atoms with E-state index in [-0.39, 0.29) is 11.5 Å². The summed E-state index contributed by atoms with van der Waals surface area (Å²) in [5, 5.41) is 9.05. The molecule has 0 saturated carbocycles. The van der Waals surface area contributed by atoms with E-state index < -0.39 is 16.1 Å². The Hall–Kier alpha value is -0.150. The molecule has 1 aromatic rings. The largest absolute Gasteiger partial charge is 0.399 e. The zero-order valence-electron chi connectivity index (χ0n) is 9.65. The minimum absolute atomic E-state index is 0.0728. The summed E-state index contributed by atoms with van der Waals surface area (Å²) >= 11 is 6.35. The maximum atomic E-state index is 12.2. The smallest absolute Gasteiger partial charge is 0.243 e. The van der Waals surface area contributed by atoms with Crippen molar-refractivity contribution in [3.8, 4) is 0 Å². The van der Waals surface area contributed by atoms with Gasteiger partial charge in [-0.25, -0.2) is 13.1 Å². The highest BCUT2D eigenvalue weighted by Crippen LogP contribution is 2.32. The van der Waals surface area contributed by atoms with Gasteiger partial charge in [-0.1, -0.05) is 6.92 Å². The fourth-order valence-electron chi connectivity index (χ4n) is 1.36. The molecule has 4 N–H and O–H groups in total. The van der Waals surface area contributed by atoms with Crippen LogP contribution < -0.4 is 10.5 Å². The van der Waals surface area contributed by atoms with Gasteiger partial charge in [-0.3, -0.25) is 0 Å². The summed E-state index contributed by atoms with van der Waals surface area (Å²) in [5.74, 6) is 0. The molecule has 18 heavy (non-hydrogen) atoms. The Kier molecular flexibility index (Phi) is 5.60. The van der Waals surface area contributed by atoms with E-state index in [1.807, 2.05) is 0 Å². The summed E-state index contributed by atoms with van der Waals surface area (Å²) in [6, 6.07) is 2.52. The fourth-order valence-corrected chi connectivity index (χ4v) is 5.29. The number of aliphatic hydroxyl groups is 1. The van der Waals surface area contributed by atoms with E-state index in [2.05, 4.69) is 36.6 Å². The Balaban J connectivity index is 3.21. The molecule has 1 aromatic carbocycles. The third-order valence-corrected chi connectivity index (χ3v) is 5.72. The van der Waals surface area contributed by atoms with Crippen LogP contribution in [0.15, 0.2) is 26.0 Å². The Labute approximate surface area is 123 Å². The zero-order valence-corrected chi connectivity index (χ0v) is 13.6. The molecule has 102 valence electrons. The van der Waals surface area contributed by atoms with Crippen LogP contribution in [0.4, 0.5) is 5.69 Å². The molecule has 0 aliphatic heterocycles. The van der Waals surface area contributed by atoms with E-state index >= 15 is 0 Å². The van der Waals surface area contributed by atoms with E-state index in [0.717, 1.165) is 0 Å². The van der Waals surface area contributed by atoms with Gasteiger partial charge in [-0.15, -0.1) is 0 Å². The Morgan fingerprint density at radius 1 is 1.39 bits per heavy atom. The Bertz CT molecular complexity index is 507. The van der Waals surface area contributed by atoms with Gasteiger partial charge in [0, 0.05) is 20.7 Å². The lowest BCUT2D eigenvalue weighted by atomic mass is 10.3. The van der Waals surface area contributed by atoms with Crippen molar-refractivity contribution in [2.24, 2.45) is 0 Å². The van der Waals surface area contributed by atoms with E-state index in [4.69, 9.17) is 10.8 Å². The third kappa shape index (κ3) is 3.67. The number of rotatable bonds is 5. The number of nitrogens with one attached hydrogen (secondary N) is 1. The molecular formula is C10H14Br2N2O3S. The van der Waals surface area contributed by atoms with Crippen molar-refractivity contribution in [2.45, 2.75) is 24.3 Å². The lowest BCUT2D eigenvalue weighted by Crippen LogP contribution is -2.37. The van der Waals surface area contributed by atoms with Crippen LogP contribution in [0, 0.1) is 0 Å². The number of hydrogen-bond donors (Lipinski definition) is 3. The highest BCUT2D eigenvalue weighted by Gasteiger charge is 2.24. The SMILES string of the molecule is CC[C@@H](CO)NS(=O)(=O)c1c(Br)cc(N)cc1Br. The van der Waals surface area contributed by atoms with Gasteiger partial charge in [0.1, 0.15) is 4.90 Å². The van der Waals surface area contributed by atoms with Crippen LogP contribution in [-0.2, 0) is 10.0 Å². The van der Waals surface area contributed by atoms with Crippen LogP contribution >= 0.6 is 31.9 Å². The van der Waals surface area contributed by atoms with E-state index in [9.17, 15) is 8.42 Å². The number of anilines is 1. The average Bonchev–Trinajstić information content (AvgIpc) is 2.23. The van der Waals surface area contributed by atoms with Crippen molar-refractivity contribution in [1.82, 2.24) is 4.72 Å². The van der Waals surface area contributed by atoms with Crippen molar-refractivity contribution >= 4 is 47.6 Å². The van der Waals surface area contributed by atoms with Gasteiger partial charge in [0.2, 0.25) is 10.0 Å². The summed E-state index contributed by atoms with van der Waals surface area (Å²) in [5.41, 5.74) is 6.06. The maximum absolute atomic E-state index is 12.2. The standard InChI is InChI=1S/C10H14Br2N2O3S/c1-2-7(5-15)14-18(16,17)10-8(11)3-6(13)4-9(10)12/h3-4,7,14-15H,2,5,13H2,1H3/t7-/m0/s1. The normalized spacial score (nSPS) is 13.6. The number of sulfonamides is 1. The number of nitrogen functional groups attached to an aromatic ring is 1. The van der Waals surface area contributed by atoms with Crippen LogP contribution in [0.5, 0.6) is 0 Å². The number of nitrogens with two attached hydrogens (primary N) is 1. The molecule has 0 aromatic heterocycles. The molecule has 0 amide bonds. The van der Waals surface area contributed by atoms with Gasteiger partial charge in [0.05, 0.1) is 6.61 Å². The number of hydrogen-bond acceptors (Lipinski definition) is 4. The molecular weight excluding hydrogens is 388 g/mol. The summed E-state index contributed by atoms with van der Waals surface area (Å²) < 4.78 is 27.6. The Morgan fingerprint density at radius 3 is 2.28 bits per heavy atom. The van der Waals surface area contributed by atoms with Crippen LogP contribution in [0.1, 0.15) is 13.3 Å². The Morgan fingerprint density at radius 2 is 1.89 bits per heavy atom. The molecule has 0 spiro atoms. The second-order valence-electron chi connectivity index (χ2n) is 3.72. The van der Waals surface area contributed by atoms with E-state index in [1.165, 1.54) is 12.1 Å². The molecule has 0 radical (unpaired) electrons. The number of aliphatic hydroxyl groups excluding tert-OH is 1. The van der Waals surface area contributed by atoms with E-state index in [1.54, 1.807) is 6.92 Å². The minimum Gasteiger partial charge on any atom is -0.399 e. The van der Waals surface area contributed by atoms with Crippen molar-refractivity contribution in [3.05, 3.63) is 21.1 Å². The van der Waals surface area contributed by atoms with Gasteiger partial charge in [0.15, 0.2) is 0 Å². The first-order chi connectivity index (χ1) is 8.31. The maximum Gasteiger partial charge on any atom is 0.243 e. The highest BCUT2D eigenvalue weighted by atomic mass is 79.9. The van der Waals surface area contributed by atoms with Crippen LogP contribution in [0.3, 0.4) is 0 Å². The molecule has 0 fully saturated rings. The quantitative estimate of drug-likeness (QED) is 0.656. The van der Waals surface area contributed by atoms with Crippen molar-refractivity contribution in [2.75, 3.05) is 12.3 Å². The molecule has 1 rings (SSSR count). The first kappa shape index (κ1) is 15.9. The molecule has 8 heteroatoms. The van der Waals surface area contributed by atoms with Crippen molar-refractivity contribution < 1.29 is 13.5 Å². The van der Waals surface area contributed by atoms with Gasteiger partial charge in [-0.2, -0.15) is 0 Å². The second-order valence-corrected chi connectivity index (χ2v) is 7.08. The lowest BCUT2D eigenvalue weighted by molar-refractivity contribution is 0.254. The minimum atomic E-state index is -3.72. The van der Waals surface area contributed by atoms with Crippen LogP contribution in [-0.4, -0.2) is 26.2 Å². The van der Waals surface area contributed by atoms with Crippen LogP contribution in [0.25, 0.3) is 0 Å². The zero-order chi connectivity index (χ0) is 13.9. The first-order valence-electron chi connectivity index (χ1n) is 5.19. The predicted octanol–water partition coefficient (Wildman–Crippen LogP) is 1.84. The summed E-state index contributed by atoms with van der Waals surface area (Å²) in [7, 11) is -3.72. The lowest BCUT2D eigenvalue weighted by Gasteiger charge is -2.16. The first-order valence-corrected chi connectivity index (χ1v) is 8.26. The van der Waals surface area contributed by atoms with Gasteiger partial charge in [-0.05, 0) is 50.4 Å². The molecule has 0 saturated heterocycles. The number of halogens is 2. The summed E-state index contributed by atoms with van der Waals surface area (Å²) in [6.45, 7) is 1.54. The molecule has 0 heterocycles. The third-order valence-electron chi connectivity index (χ3n) is 2.32. The highest BCUT2D eigenvalue weighted by molar-refractivity contribution is 9.11. The topological polar surface area (TPSA) is 92.4 Å². The van der Waals surface area contributed by atoms with Gasteiger partial charge >= 0.3 is 0 Å². The number of benzene rings is 1. The van der Waals surface area contributed by atoms with Gasteiger partial charge in [0.25, 0.3) is 0 Å². The summed E-state index contributed by atoms with van der Waals surface area (Å²) in [4.78, 5) is 0.0728. The predicted molar refractivity (Wildman–Crippen MR) is 77.7 cm³/mol. The van der Waals surface area contributed by atoms with Crippen molar-refractivity contribution in [3.63, 3.8) is 0 Å². The molecule has 0 aliphatic rings. The second kappa shape index (κ2) is 6.33. The van der Waals surface area contributed by atoms with Crippen molar-refractivity contribution in [1.29, 1.82) is 0 Å². The molecule has 0 unspecified atom stereocenters. The monoisotopic (exact) mass is 400 g/mol.